The van der Waals surface area contributed by atoms with E-state index >= 15 is 0 Å². The maximum absolute atomic E-state index is 11.4. The molecule has 0 atom stereocenters. The number of aromatic nitrogens is 3. The van der Waals surface area contributed by atoms with Crippen LogP contribution < -0.4 is 16.4 Å². The van der Waals surface area contributed by atoms with Crippen LogP contribution in [0.2, 0.25) is 0 Å². The highest BCUT2D eigenvalue weighted by molar-refractivity contribution is 5.75. The number of nitrogens with zero attached hydrogens (tertiary/aromatic N) is 3. The van der Waals surface area contributed by atoms with E-state index in [0.717, 1.165) is 4.68 Å². The predicted molar refractivity (Wildman–Crippen MR) is 67.9 cm³/mol. The van der Waals surface area contributed by atoms with Gasteiger partial charge in [0, 0.05) is 6.54 Å². The molecule has 0 fully saturated rings. The predicted octanol–water partition coefficient (Wildman–Crippen LogP) is -2.34. The third kappa shape index (κ3) is 7.47. The van der Waals surface area contributed by atoms with Gasteiger partial charge in [-0.3, -0.25) is 9.59 Å². The second-order valence-electron chi connectivity index (χ2n) is 3.93. The van der Waals surface area contributed by atoms with E-state index in [1.54, 1.807) is 0 Å². The molecule has 21 heavy (non-hydrogen) atoms. The van der Waals surface area contributed by atoms with Crippen molar-refractivity contribution in [3.63, 3.8) is 0 Å². The van der Waals surface area contributed by atoms with Crippen LogP contribution in [0.4, 0.5) is 4.79 Å². The molecular formula is C10H16N6O5. The zero-order chi connectivity index (χ0) is 15.7. The van der Waals surface area contributed by atoms with Crippen LogP contribution in [0.15, 0.2) is 6.20 Å². The molecule has 0 aromatic carbocycles. The molecule has 1 heterocycles. The Kier molecular flexibility index (Phi) is 6.60. The van der Waals surface area contributed by atoms with Crippen LogP contribution in [-0.4, -0.2) is 57.8 Å². The van der Waals surface area contributed by atoms with Gasteiger partial charge in [-0.2, -0.15) is 0 Å². The highest BCUT2D eigenvalue weighted by atomic mass is 16.5. The van der Waals surface area contributed by atoms with E-state index < -0.39 is 17.9 Å². The van der Waals surface area contributed by atoms with Crippen molar-refractivity contribution in [3.05, 3.63) is 11.9 Å². The van der Waals surface area contributed by atoms with Crippen LogP contribution in [0.1, 0.15) is 5.69 Å². The van der Waals surface area contributed by atoms with Gasteiger partial charge in [-0.1, -0.05) is 5.21 Å². The monoisotopic (exact) mass is 300 g/mol. The van der Waals surface area contributed by atoms with Crippen molar-refractivity contribution < 1.29 is 24.2 Å². The summed E-state index contributed by atoms with van der Waals surface area (Å²) in [4.78, 5) is 32.2. The lowest BCUT2D eigenvalue weighted by molar-refractivity contribution is -0.138. The summed E-state index contributed by atoms with van der Waals surface area (Å²) >= 11 is 0. The minimum absolute atomic E-state index is 0.105. The highest BCUT2D eigenvalue weighted by Gasteiger charge is 2.06. The highest BCUT2D eigenvalue weighted by Crippen LogP contribution is 1.92. The molecule has 0 bridgehead atoms. The molecule has 0 saturated carbocycles. The van der Waals surface area contributed by atoms with Crippen LogP contribution in [-0.2, 0) is 27.4 Å². The zero-order valence-electron chi connectivity index (χ0n) is 11.1. The summed E-state index contributed by atoms with van der Waals surface area (Å²) in [5.74, 6) is -1.61. The molecule has 0 radical (unpaired) electrons. The zero-order valence-corrected chi connectivity index (χ0v) is 11.1. The van der Waals surface area contributed by atoms with E-state index in [0.29, 0.717) is 5.69 Å². The van der Waals surface area contributed by atoms with Crippen molar-refractivity contribution >= 4 is 17.9 Å². The van der Waals surface area contributed by atoms with Crippen LogP contribution in [0.25, 0.3) is 0 Å². The first-order chi connectivity index (χ1) is 9.97. The fourth-order valence-corrected chi connectivity index (χ4v) is 1.28. The summed E-state index contributed by atoms with van der Waals surface area (Å²) < 4.78 is 6.00. The number of carbonyl (C=O) groups excluding carboxylic acids is 2. The molecule has 5 N–H and O–H groups in total. The number of primary amides is 1. The van der Waals surface area contributed by atoms with Gasteiger partial charge in [0.1, 0.15) is 18.8 Å². The van der Waals surface area contributed by atoms with E-state index in [9.17, 15) is 14.4 Å². The summed E-state index contributed by atoms with van der Waals surface area (Å²) in [7, 11) is 0. The maximum atomic E-state index is 11.4. The van der Waals surface area contributed by atoms with Crippen LogP contribution in [0, 0.1) is 0 Å². The van der Waals surface area contributed by atoms with Crippen molar-refractivity contribution in [1.82, 2.24) is 25.6 Å². The Morgan fingerprint density at radius 3 is 2.81 bits per heavy atom. The molecular weight excluding hydrogens is 284 g/mol. The molecule has 116 valence electrons. The summed E-state index contributed by atoms with van der Waals surface area (Å²) in [5.41, 5.74) is 5.29. The lowest BCUT2D eigenvalue weighted by Crippen LogP contribution is -2.37. The minimum atomic E-state index is -1.03. The number of aliphatic carboxylic acids is 1. The van der Waals surface area contributed by atoms with Gasteiger partial charge in [-0.15, -0.1) is 5.10 Å². The second kappa shape index (κ2) is 8.47. The quantitative estimate of drug-likeness (QED) is 0.371. The average Bonchev–Trinajstić information content (AvgIpc) is 2.82. The molecule has 0 aliphatic carbocycles. The van der Waals surface area contributed by atoms with Gasteiger partial charge < -0.3 is 26.2 Å². The van der Waals surface area contributed by atoms with Crippen LogP contribution >= 0.6 is 0 Å². The summed E-state index contributed by atoms with van der Waals surface area (Å²) in [5, 5.41) is 20.8. The number of carbonyl (C=O) groups is 3. The molecule has 0 unspecified atom stereocenters. The molecule has 0 aliphatic heterocycles. The van der Waals surface area contributed by atoms with Gasteiger partial charge >= 0.3 is 12.0 Å². The minimum Gasteiger partial charge on any atom is -0.480 e. The third-order valence-corrected chi connectivity index (χ3v) is 2.09. The largest absolute Gasteiger partial charge is 0.480 e. The third-order valence-electron chi connectivity index (χ3n) is 2.09. The maximum Gasteiger partial charge on any atom is 0.325 e. The molecule has 0 saturated heterocycles. The Hall–Kier alpha value is -2.69. The number of rotatable bonds is 9. The number of carboxylic acid groups (broad SMARTS) is 1. The second-order valence-corrected chi connectivity index (χ2v) is 3.93. The summed E-state index contributed by atoms with van der Waals surface area (Å²) in [6.45, 7) is -0.0179. The molecule has 11 nitrogen and oxygen atoms in total. The average molecular weight is 300 g/mol. The van der Waals surface area contributed by atoms with Crippen molar-refractivity contribution in [2.75, 3.05) is 19.8 Å². The first kappa shape index (κ1) is 16.4. The molecule has 3 amide bonds. The fraction of sp³-hybridized carbons (Fsp3) is 0.500. The molecule has 0 aliphatic rings. The van der Waals surface area contributed by atoms with E-state index in [1.807, 2.05) is 0 Å². The lowest BCUT2D eigenvalue weighted by atomic mass is 10.5. The van der Waals surface area contributed by atoms with Crippen LogP contribution in [0.3, 0.4) is 0 Å². The van der Waals surface area contributed by atoms with E-state index in [1.165, 1.54) is 6.20 Å². The number of carboxylic acids is 1. The van der Waals surface area contributed by atoms with Crippen molar-refractivity contribution in [1.29, 1.82) is 0 Å². The number of hydrogen-bond acceptors (Lipinski definition) is 6. The topological polar surface area (TPSA) is 161 Å². The SMILES string of the molecule is NC(=O)COCCNC(=O)NCc1cn(CC(=O)O)nn1. The standard InChI is InChI=1S/C10H16N6O5/c11-8(17)6-21-2-1-12-10(20)13-3-7-4-16(15-14-7)5-9(18)19/h4H,1-3,5-6H2,(H2,11,17)(H,18,19)(H2,12,13,20). The van der Waals surface area contributed by atoms with Crippen molar-refractivity contribution in [2.45, 2.75) is 13.1 Å². The van der Waals surface area contributed by atoms with Gasteiger partial charge in [0.2, 0.25) is 5.91 Å². The van der Waals surface area contributed by atoms with E-state index in [2.05, 4.69) is 20.9 Å². The summed E-state index contributed by atoms with van der Waals surface area (Å²) in [6, 6.07) is -0.453. The van der Waals surface area contributed by atoms with Crippen molar-refractivity contribution in [3.8, 4) is 0 Å². The van der Waals surface area contributed by atoms with Gasteiger partial charge in [-0.05, 0) is 0 Å². The van der Waals surface area contributed by atoms with Gasteiger partial charge in [0.05, 0.1) is 19.3 Å². The van der Waals surface area contributed by atoms with Gasteiger partial charge in [-0.25, -0.2) is 9.48 Å². The Labute approximate surface area is 119 Å². The Morgan fingerprint density at radius 1 is 1.38 bits per heavy atom. The molecule has 1 aromatic rings. The number of urea groups is 1. The number of hydrogen-bond donors (Lipinski definition) is 4. The first-order valence-corrected chi connectivity index (χ1v) is 5.96. The summed E-state index contributed by atoms with van der Waals surface area (Å²) in [6.07, 6.45) is 1.42. The molecule has 0 spiro atoms. The van der Waals surface area contributed by atoms with Gasteiger partial charge in [0.15, 0.2) is 0 Å². The first-order valence-electron chi connectivity index (χ1n) is 5.96. The lowest BCUT2D eigenvalue weighted by Gasteiger charge is -2.06. The number of amides is 3. The molecule has 11 heteroatoms. The Morgan fingerprint density at radius 2 is 2.14 bits per heavy atom. The molecule has 1 aromatic heterocycles. The Bertz CT molecular complexity index is 502. The fourth-order valence-electron chi connectivity index (χ4n) is 1.28. The van der Waals surface area contributed by atoms with Gasteiger partial charge in [0.25, 0.3) is 0 Å². The van der Waals surface area contributed by atoms with Crippen molar-refractivity contribution in [2.24, 2.45) is 5.73 Å². The number of ether oxygens (including phenoxy) is 1. The smallest absolute Gasteiger partial charge is 0.325 e. The number of nitrogens with one attached hydrogen (secondary N) is 2. The normalized spacial score (nSPS) is 10.1. The molecule has 1 rings (SSSR count). The Balaban J connectivity index is 2.16. The van der Waals surface area contributed by atoms with Crippen LogP contribution in [0.5, 0.6) is 0 Å². The van der Waals surface area contributed by atoms with E-state index in [-0.39, 0.29) is 32.8 Å². The van der Waals surface area contributed by atoms with E-state index in [4.69, 9.17) is 15.6 Å². The number of nitrogens with two attached hydrogens (primary N) is 1.